The zero-order chi connectivity index (χ0) is 11.7. The molecule has 7 aromatic rings. The van der Waals surface area contributed by atoms with Crippen molar-refractivity contribution >= 4 is 43.1 Å². The van der Waals surface area contributed by atoms with Crippen LogP contribution in [-0.2, 0) is 0 Å². The molecule has 0 atom stereocenters. The van der Waals surface area contributed by atoms with Gasteiger partial charge in [-0.15, -0.1) is 0 Å². The van der Waals surface area contributed by atoms with E-state index >= 15 is 0 Å². The number of benzene rings is 7. The lowest BCUT2D eigenvalue weighted by molar-refractivity contribution is 1.79. The van der Waals surface area contributed by atoms with Crippen molar-refractivity contribution < 1.29 is 0 Å². The van der Waals surface area contributed by atoms with E-state index in [9.17, 15) is 0 Å². The van der Waals surface area contributed by atoms with Crippen LogP contribution in [0.1, 0.15) is 0 Å². The van der Waals surface area contributed by atoms with Crippen molar-refractivity contribution in [3.63, 3.8) is 0 Å². The minimum absolute atomic E-state index is 1.34. The van der Waals surface area contributed by atoms with Crippen LogP contribution < -0.4 is 0 Å². The summed E-state index contributed by atoms with van der Waals surface area (Å²) in [5, 5.41) is 11.0. The molecule has 0 radical (unpaired) electrons. The normalized spacial score (nSPS) is 12.4. The molecule has 0 unspecified atom stereocenters. The maximum atomic E-state index is 2.27. The lowest BCUT2D eigenvalue weighted by Gasteiger charge is -2.13. The van der Waals surface area contributed by atoms with Crippen LogP contribution in [0.2, 0.25) is 0 Å². The largest absolute Gasteiger partial charge is 0.0537 e. The van der Waals surface area contributed by atoms with Gasteiger partial charge in [-0.25, -0.2) is 0 Å². The second-order valence-electron chi connectivity index (χ2n) is 5.07. The molecular weight excluding hydrogens is 216 g/mol. The van der Waals surface area contributed by atoms with Crippen molar-refractivity contribution in [3.8, 4) is 0 Å². The van der Waals surface area contributed by atoms with E-state index in [1.165, 1.54) is 43.1 Å². The van der Waals surface area contributed by atoms with Crippen LogP contribution in [0.15, 0.2) is 60.7 Å². The average molecular weight is 226 g/mol. The summed E-state index contributed by atoms with van der Waals surface area (Å²) < 4.78 is 0. The van der Waals surface area contributed by atoms with E-state index in [2.05, 4.69) is 60.7 Å². The first-order valence-corrected chi connectivity index (χ1v) is 6.30. The van der Waals surface area contributed by atoms with Gasteiger partial charge in [0.15, 0.2) is 0 Å². The summed E-state index contributed by atoms with van der Waals surface area (Å²) in [7, 11) is 0. The molecule has 4 bridgehead atoms. The predicted molar refractivity (Wildman–Crippen MR) is 78.8 cm³/mol. The summed E-state index contributed by atoms with van der Waals surface area (Å²) in [5.74, 6) is 0. The molecule has 0 aliphatic carbocycles. The van der Waals surface area contributed by atoms with Gasteiger partial charge in [-0.1, -0.05) is 60.7 Å². The zero-order valence-electron chi connectivity index (χ0n) is 9.77. The molecular formula is C18H10. The SMILES string of the molecule is c1cc2ccc1c1ccc3c4ccc(cc4)c3c21. The number of fused-ring (bicyclic) bond motifs is 4. The summed E-state index contributed by atoms with van der Waals surface area (Å²) in [4.78, 5) is 0. The summed E-state index contributed by atoms with van der Waals surface area (Å²) in [6.07, 6.45) is 0. The Morgan fingerprint density at radius 1 is 0.333 bits per heavy atom. The highest BCUT2D eigenvalue weighted by Crippen LogP contribution is 2.38. The van der Waals surface area contributed by atoms with Crippen LogP contribution in [0.25, 0.3) is 43.1 Å². The highest BCUT2D eigenvalue weighted by molar-refractivity contribution is 6.29. The third-order valence-corrected chi connectivity index (χ3v) is 4.17. The standard InChI is InChI=1S/C18H10/c1-5-13-6-2-11(1)15-9-10-16-12-3-7-14(8-4-12)18(16)17(13)15/h1-10H. The Hall–Kier alpha value is -2.34. The molecule has 0 fully saturated rings. The summed E-state index contributed by atoms with van der Waals surface area (Å²) >= 11 is 0. The van der Waals surface area contributed by atoms with Crippen LogP contribution >= 0.6 is 0 Å². The van der Waals surface area contributed by atoms with Crippen LogP contribution in [0.4, 0.5) is 0 Å². The van der Waals surface area contributed by atoms with Crippen LogP contribution in [-0.4, -0.2) is 0 Å². The molecule has 0 heterocycles. The molecule has 7 rings (SSSR count). The number of rotatable bonds is 0. The fourth-order valence-corrected chi connectivity index (χ4v) is 3.32. The van der Waals surface area contributed by atoms with Gasteiger partial charge >= 0.3 is 0 Å². The van der Waals surface area contributed by atoms with Gasteiger partial charge in [-0.3, -0.25) is 0 Å². The molecule has 0 saturated heterocycles. The fraction of sp³-hybridized carbons (Fsp3) is 0. The van der Waals surface area contributed by atoms with Crippen LogP contribution in [0.5, 0.6) is 0 Å². The van der Waals surface area contributed by atoms with Gasteiger partial charge in [0.2, 0.25) is 0 Å². The Bertz CT molecular complexity index is 883. The van der Waals surface area contributed by atoms with Gasteiger partial charge in [-0.2, -0.15) is 0 Å². The molecule has 0 heteroatoms. The second-order valence-corrected chi connectivity index (χ2v) is 5.07. The van der Waals surface area contributed by atoms with Crippen molar-refractivity contribution in [2.45, 2.75) is 0 Å². The number of hydrogen-bond donors (Lipinski definition) is 0. The fourth-order valence-electron chi connectivity index (χ4n) is 3.32. The third kappa shape index (κ3) is 0.853. The Morgan fingerprint density at radius 2 is 0.667 bits per heavy atom. The van der Waals surface area contributed by atoms with Crippen molar-refractivity contribution in [2.24, 2.45) is 0 Å². The first kappa shape index (κ1) is 8.71. The van der Waals surface area contributed by atoms with Crippen molar-refractivity contribution in [1.29, 1.82) is 0 Å². The topological polar surface area (TPSA) is 0 Å². The van der Waals surface area contributed by atoms with E-state index in [4.69, 9.17) is 0 Å². The summed E-state index contributed by atoms with van der Waals surface area (Å²) in [5.41, 5.74) is 0. The minimum atomic E-state index is 1.34. The first-order valence-electron chi connectivity index (χ1n) is 6.30. The van der Waals surface area contributed by atoms with E-state index in [1.54, 1.807) is 0 Å². The van der Waals surface area contributed by atoms with E-state index in [0.29, 0.717) is 0 Å². The van der Waals surface area contributed by atoms with E-state index in [-0.39, 0.29) is 0 Å². The van der Waals surface area contributed by atoms with Gasteiger partial charge in [0.1, 0.15) is 0 Å². The Kier molecular flexibility index (Phi) is 1.32. The van der Waals surface area contributed by atoms with Crippen molar-refractivity contribution in [2.75, 3.05) is 0 Å². The monoisotopic (exact) mass is 226 g/mol. The smallest absolute Gasteiger partial charge is 0.00206 e. The lowest BCUT2D eigenvalue weighted by atomic mass is 9.90. The quantitative estimate of drug-likeness (QED) is 0.319. The maximum Gasteiger partial charge on any atom is -0.00206 e. The Labute approximate surface area is 104 Å². The van der Waals surface area contributed by atoms with Gasteiger partial charge in [-0.05, 0) is 43.1 Å². The van der Waals surface area contributed by atoms with E-state index in [0.717, 1.165) is 0 Å². The highest BCUT2D eigenvalue weighted by atomic mass is 14.1. The molecule has 7 aromatic carbocycles. The molecule has 0 nitrogen and oxygen atoms in total. The van der Waals surface area contributed by atoms with E-state index < -0.39 is 0 Å². The van der Waals surface area contributed by atoms with E-state index in [1.807, 2.05) is 0 Å². The van der Waals surface area contributed by atoms with Crippen LogP contribution in [0.3, 0.4) is 0 Å². The third-order valence-electron chi connectivity index (χ3n) is 4.17. The molecule has 0 N–H and O–H groups in total. The average Bonchev–Trinajstić information content (AvgIpc) is 2.49. The summed E-state index contributed by atoms with van der Waals surface area (Å²) in [6.45, 7) is 0. The predicted octanol–water partition coefficient (Wildman–Crippen LogP) is 5.18. The molecule has 18 heavy (non-hydrogen) atoms. The molecule has 0 amide bonds. The molecule has 0 aromatic heterocycles. The van der Waals surface area contributed by atoms with Crippen molar-refractivity contribution in [3.05, 3.63) is 60.7 Å². The minimum Gasteiger partial charge on any atom is -0.0537 e. The van der Waals surface area contributed by atoms with Gasteiger partial charge < -0.3 is 0 Å². The Balaban J connectivity index is 2.28. The molecule has 0 aliphatic heterocycles. The van der Waals surface area contributed by atoms with Gasteiger partial charge in [0.05, 0.1) is 0 Å². The second kappa shape index (κ2) is 2.73. The maximum absolute atomic E-state index is 2.27. The molecule has 0 spiro atoms. The first-order chi connectivity index (χ1) is 8.92. The molecule has 0 aliphatic rings. The Morgan fingerprint density at radius 3 is 1.06 bits per heavy atom. The highest BCUT2D eigenvalue weighted by Gasteiger charge is 2.10. The van der Waals surface area contributed by atoms with Gasteiger partial charge in [0, 0.05) is 0 Å². The molecule has 0 saturated carbocycles. The van der Waals surface area contributed by atoms with Gasteiger partial charge in [0.25, 0.3) is 0 Å². The zero-order valence-corrected chi connectivity index (χ0v) is 9.77. The lowest BCUT2D eigenvalue weighted by Crippen LogP contribution is -1.86. The number of hydrogen-bond acceptors (Lipinski definition) is 0. The summed E-state index contributed by atoms with van der Waals surface area (Å²) in [6, 6.07) is 22.3. The van der Waals surface area contributed by atoms with Crippen molar-refractivity contribution in [1.82, 2.24) is 0 Å². The van der Waals surface area contributed by atoms with Crippen LogP contribution in [0, 0.1) is 0 Å². The molecule has 82 valence electrons.